The van der Waals surface area contributed by atoms with Gasteiger partial charge in [-0.3, -0.25) is 0 Å². The van der Waals surface area contributed by atoms with Gasteiger partial charge in [0.15, 0.2) is 0 Å². The molecule has 0 aliphatic carbocycles. The average Bonchev–Trinajstić information content (AvgIpc) is 2.37. The van der Waals surface area contributed by atoms with Crippen molar-refractivity contribution in [1.29, 1.82) is 15.8 Å². The Hall–Kier alpha value is -0.870. The summed E-state index contributed by atoms with van der Waals surface area (Å²) in [7, 11) is -0.776. The lowest BCUT2D eigenvalue weighted by molar-refractivity contribution is 0.583. The van der Waals surface area contributed by atoms with Crippen molar-refractivity contribution >= 4 is 14.4 Å². The molecule has 1 atom stereocenters. The first-order chi connectivity index (χ1) is 8.64. The molecule has 0 saturated heterocycles. The van der Waals surface area contributed by atoms with Gasteiger partial charge < -0.3 is 4.57 Å². The molecule has 0 aliphatic rings. The van der Waals surface area contributed by atoms with Crippen LogP contribution in [-0.2, 0) is 4.57 Å². The van der Waals surface area contributed by atoms with Crippen molar-refractivity contribution in [2.75, 3.05) is 24.6 Å². The first-order valence-corrected chi connectivity index (χ1v) is 10.6. The molecule has 4 nitrogen and oxygen atoms in total. The highest BCUT2D eigenvalue weighted by Crippen LogP contribution is 2.76. The van der Waals surface area contributed by atoms with Crippen LogP contribution in [-0.4, -0.2) is 24.6 Å². The Bertz CT molecular complexity index is 385. The van der Waals surface area contributed by atoms with Gasteiger partial charge in [0, 0.05) is 31.6 Å². The molecule has 1 unspecified atom stereocenters. The van der Waals surface area contributed by atoms with Crippen molar-refractivity contribution in [2.24, 2.45) is 0 Å². The quantitative estimate of drug-likeness (QED) is 0.600. The average molecular weight is 283 g/mol. The fourth-order valence-electron chi connectivity index (χ4n) is 1.80. The third-order valence-electron chi connectivity index (χ3n) is 2.62. The Morgan fingerprint density at radius 3 is 1.83 bits per heavy atom. The second-order valence-corrected chi connectivity index (χ2v) is 12.3. The van der Waals surface area contributed by atoms with Crippen molar-refractivity contribution in [2.45, 2.75) is 32.6 Å². The van der Waals surface area contributed by atoms with E-state index in [9.17, 15) is 4.57 Å². The van der Waals surface area contributed by atoms with Crippen molar-refractivity contribution in [1.82, 2.24) is 0 Å². The molecule has 0 amide bonds. The Morgan fingerprint density at radius 2 is 1.44 bits per heavy atom. The van der Waals surface area contributed by atoms with E-state index in [0.717, 1.165) is 6.42 Å². The van der Waals surface area contributed by atoms with Crippen LogP contribution in [0.2, 0.25) is 0 Å². The molecule has 6 heteroatoms. The summed E-state index contributed by atoms with van der Waals surface area (Å²) in [6, 6.07) is 6.24. The van der Waals surface area contributed by atoms with Crippen molar-refractivity contribution in [3.8, 4) is 18.2 Å². The molecule has 98 valence electrons. The van der Waals surface area contributed by atoms with E-state index in [4.69, 9.17) is 15.8 Å². The lowest BCUT2D eigenvalue weighted by Gasteiger charge is -2.26. The molecule has 0 spiro atoms. The normalized spacial score (nSPS) is 13.3. The minimum atomic E-state index is -2.37. The number of nitrogens with zero attached hydrogens (tertiary/aromatic N) is 3. The predicted molar refractivity (Wildman–Crippen MR) is 75.0 cm³/mol. The van der Waals surface area contributed by atoms with E-state index >= 15 is 0 Å². The van der Waals surface area contributed by atoms with Gasteiger partial charge in [0.05, 0.1) is 18.2 Å². The van der Waals surface area contributed by atoms with Gasteiger partial charge in [-0.25, -0.2) is 0 Å². The summed E-state index contributed by atoms with van der Waals surface area (Å²) in [4.78, 5) is 0. The summed E-state index contributed by atoms with van der Waals surface area (Å²) < 4.78 is 12.9. The third kappa shape index (κ3) is 6.17. The molecule has 0 fully saturated rings. The van der Waals surface area contributed by atoms with Gasteiger partial charge in [-0.05, 0) is 26.4 Å². The number of nitriles is 3. The zero-order chi connectivity index (χ0) is 13.9. The van der Waals surface area contributed by atoms with Crippen LogP contribution in [0.4, 0.5) is 0 Å². The molecule has 0 aliphatic heterocycles. The Kier molecular flexibility index (Phi) is 9.60. The van der Waals surface area contributed by atoms with Crippen molar-refractivity contribution in [3.63, 3.8) is 0 Å². The predicted octanol–water partition coefficient (Wildman–Crippen LogP) is 3.90. The summed E-state index contributed by atoms with van der Waals surface area (Å²) in [6.45, 7) is -0.378. The number of hydrogen-bond donors (Lipinski definition) is 0. The molecular weight excluding hydrogens is 264 g/mol. The van der Waals surface area contributed by atoms with Crippen molar-refractivity contribution < 1.29 is 4.57 Å². The fraction of sp³-hybridized carbons (Fsp3) is 0.750. The Balaban J connectivity index is 4.84. The summed E-state index contributed by atoms with van der Waals surface area (Å²) >= 11 is 0. The van der Waals surface area contributed by atoms with E-state index in [1.54, 1.807) is 0 Å². The zero-order valence-electron chi connectivity index (χ0n) is 10.8. The molecular formula is C12H19N3OP2. The van der Waals surface area contributed by atoms with Crippen LogP contribution >= 0.6 is 14.4 Å². The van der Waals surface area contributed by atoms with Gasteiger partial charge in [0.2, 0.25) is 0 Å². The molecule has 18 heavy (non-hydrogen) atoms. The van der Waals surface area contributed by atoms with Crippen LogP contribution in [0.25, 0.3) is 0 Å². The van der Waals surface area contributed by atoms with E-state index in [-0.39, 0.29) is 0 Å². The fourth-order valence-corrected chi connectivity index (χ4v) is 10.8. The Labute approximate surface area is 111 Å². The van der Waals surface area contributed by atoms with Gasteiger partial charge in [-0.15, -0.1) is 0 Å². The largest absolute Gasteiger partial charge is 0.319 e. The van der Waals surface area contributed by atoms with Crippen LogP contribution in [0.1, 0.15) is 32.6 Å². The smallest absolute Gasteiger partial charge is 0.109 e. The monoisotopic (exact) mass is 283 g/mol. The van der Waals surface area contributed by atoms with Gasteiger partial charge in [0.25, 0.3) is 0 Å². The van der Waals surface area contributed by atoms with Gasteiger partial charge in [-0.1, -0.05) is 6.92 Å². The first-order valence-electron chi connectivity index (χ1n) is 6.09. The molecule has 0 saturated carbocycles. The second-order valence-electron chi connectivity index (χ2n) is 3.97. The maximum absolute atomic E-state index is 12.9. The highest BCUT2D eigenvalue weighted by Gasteiger charge is 2.30. The van der Waals surface area contributed by atoms with Crippen LogP contribution in [0, 0.1) is 34.0 Å². The zero-order valence-corrected chi connectivity index (χ0v) is 12.6. The standard InChI is InChI=1S/C12H19N3OP2/c1-2-11-18(16,12-5-8-15)17(9-3-6-13)10-4-7-14/h2-5,9-12H2,1H3. The van der Waals surface area contributed by atoms with E-state index < -0.39 is 14.4 Å². The molecule has 0 aromatic heterocycles. The third-order valence-corrected chi connectivity index (χ3v) is 12.7. The molecule has 0 aromatic carbocycles. The molecule has 0 aromatic rings. The highest BCUT2D eigenvalue weighted by atomic mass is 32.1. The number of hydrogen-bond acceptors (Lipinski definition) is 4. The van der Waals surface area contributed by atoms with Crippen LogP contribution in [0.15, 0.2) is 0 Å². The summed E-state index contributed by atoms with van der Waals surface area (Å²) in [5, 5.41) is 26.0. The maximum atomic E-state index is 12.9. The van der Waals surface area contributed by atoms with Crippen molar-refractivity contribution in [3.05, 3.63) is 0 Å². The molecule has 0 radical (unpaired) electrons. The molecule has 0 rings (SSSR count). The maximum Gasteiger partial charge on any atom is 0.109 e. The summed E-state index contributed by atoms with van der Waals surface area (Å²) in [6.07, 6.45) is 4.36. The Morgan fingerprint density at radius 1 is 0.944 bits per heavy atom. The molecule has 0 N–H and O–H groups in total. The minimum Gasteiger partial charge on any atom is -0.319 e. The van der Waals surface area contributed by atoms with Crippen LogP contribution in [0.5, 0.6) is 0 Å². The van der Waals surface area contributed by atoms with E-state index in [1.165, 1.54) is 0 Å². The second kappa shape index (κ2) is 10.1. The minimum absolute atomic E-state index is 0.315. The summed E-state index contributed by atoms with van der Waals surface area (Å²) in [5.41, 5.74) is 0. The van der Waals surface area contributed by atoms with Gasteiger partial charge in [0.1, 0.15) is 6.83 Å². The lowest BCUT2D eigenvalue weighted by atomic mass is 10.5. The molecule has 0 heterocycles. The molecule has 0 bridgehead atoms. The van der Waals surface area contributed by atoms with Crippen LogP contribution in [0.3, 0.4) is 0 Å². The van der Waals surface area contributed by atoms with E-state index in [1.807, 2.05) is 6.92 Å². The number of rotatable bonds is 9. The lowest BCUT2D eigenvalue weighted by Crippen LogP contribution is -1.99. The first kappa shape index (κ1) is 17.1. The highest BCUT2D eigenvalue weighted by molar-refractivity contribution is 8.33. The van der Waals surface area contributed by atoms with Crippen LogP contribution < -0.4 is 0 Å². The van der Waals surface area contributed by atoms with E-state index in [0.29, 0.717) is 43.9 Å². The SMILES string of the molecule is CCCP(=O)(CCC#N)P(CCC#N)CCC#N. The van der Waals surface area contributed by atoms with E-state index in [2.05, 4.69) is 18.2 Å². The van der Waals surface area contributed by atoms with Gasteiger partial charge >= 0.3 is 0 Å². The van der Waals surface area contributed by atoms with Gasteiger partial charge in [-0.2, -0.15) is 15.8 Å². The topological polar surface area (TPSA) is 88.4 Å². The summed E-state index contributed by atoms with van der Waals surface area (Å²) in [5.74, 6) is 0.